The van der Waals surface area contributed by atoms with E-state index >= 15 is 0 Å². The minimum Gasteiger partial charge on any atom is -0.491 e. The Bertz CT molecular complexity index is 735. The molecule has 2 aromatic carbocycles. The lowest BCUT2D eigenvalue weighted by Gasteiger charge is -2.08. The maximum absolute atomic E-state index is 5.73. The number of benzene rings is 2. The molecule has 1 aromatic heterocycles. The van der Waals surface area contributed by atoms with Gasteiger partial charge in [0.15, 0.2) is 0 Å². The Morgan fingerprint density at radius 2 is 1.90 bits per heavy atom. The number of nitrogens with two attached hydrogens (primary N) is 1. The third-order valence-corrected chi connectivity index (χ3v) is 3.25. The molecule has 0 radical (unpaired) electrons. The molecular formula is C16H17N3O2. The molecule has 21 heavy (non-hydrogen) atoms. The van der Waals surface area contributed by atoms with Crippen LogP contribution in [0.4, 0.5) is 5.69 Å². The normalized spacial score (nSPS) is 10.9. The molecule has 0 fully saturated rings. The number of anilines is 1. The van der Waals surface area contributed by atoms with E-state index in [0.29, 0.717) is 13.2 Å². The lowest BCUT2D eigenvalue weighted by molar-refractivity contribution is 0.146. The van der Waals surface area contributed by atoms with Gasteiger partial charge in [-0.15, -0.1) is 0 Å². The van der Waals surface area contributed by atoms with E-state index in [1.165, 1.54) is 0 Å². The highest BCUT2D eigenvalue weighted by atomic mass is 16.5. The van der Waals surface area contributed by atoms with Crippen LogP contribution in [0.5, 0.6) is 5.75 Å². The summed E-state index contributed by atoms with van der Waals surface area (Å²) in [5.74, 6) is 0.803. The van der Waals surface area contributed by atoms with Crippen LogP contribution < -0.4 is 10.5 Å². The Morgan fingerprint density at radius 3 is 2.67 bits per heavy atom. The van der Waals surface area contributed by atoms with Crippen molar-refractivity contribution in [3.63, 3.8) is 0 Å². The standard InChI is InChI=1S/C16H17N3O2/c1-20-8-9-21-14-6-7-15-16(10-14)19(11-18-15)13-4-2-12(17)3-5-13/h2-7,10-11H,8-9,17H2,1H3. The van der Waals surface area contributed by atoms with E-state index in [0.717, 1.165) is 28.2 Å². The molecule has 0 saturated carbocycles. The third-order valence-electron chi connectivity index (χ3n) is 3.25. The first-order valence-corrected chi connectivity index (χ1v) is 6.73. The average molecular weight is 283 g/mol. The highest BCUT2D eigenvalue weighted by Crippen LogP contribution is 2.23. The van der Waals surface area contributed by atoms with E-state index in [1.807, 2.05) is 47.0 Å². The van der Waals surface area contributed by atoms with Crippen molar-refractivity contribution in [2.24, 2.45) is 0 Å². The monoisotopic (exact) mass is 283 g/mol. The first kappa shape index (κ1) is 13.5. The SMILES string of the molecule is COCCOc1ccc2ncn(-c3ccc(N)cc3)c2c1. The second kappa shape index (κ2) is 5.85. The zero-order valence-electron chi connectivity index (χ0n) is 11.8. The number of rotatable bonds is 5. The summed E-state index contributed by atoms with van der Waals surface area (Å²) >= 11 is 0. The van der Waals surface area contributed by atoms with Gasteiger partial charge in [0.2, 0.25) is 0 Å². The fourth-order valence-electron chi connectivity index (χ4n) is 2.16. The fourth-order valence-corrected chi connectivity index (χ4v) is 2.16. The molecule has 0 bridgehead atoms. The van der Waals surface area contributed by atoms with Crippen LogP contribution in [0.15, 0.2) is 48.8 Å². The van der Waals surface area contributed by atoms with E-state index in [-0.39, 0.29) is 0 Å². The van der Waals surface area contributed by atoms with Gasteiger partial charge in [-0.25, -0.2) is 4.98 Å². The molecule has 0 aliphatic heterocycles. The van der Waals surface area contributed by atoms with Gasteiger partial charge in [-0.2, -0.15) is 0 Å². The van der Waals surface area contributed by atoms with Gasteiger partial charge >= 0.3 is 0 Å². The van der Waals surface area contributed by atoms with Gasteiger partial charge in [-0.1, -0.05) is 0 Å². The predicted octanol–water partition coefficient (Wildman–Crippen LogP) is 2.63. The van der Waals surface area contributed by atoms with E-state index in [1.54, 1.807) is 13.4 Å². The second-order valence-electron chi connectivity index (χ2n) is 4.70. The molecule has 0 unspecified atom stereocenters. The number of hydrogen-bond donors (Lipinski definition) is 1. The topological polar surface area (TPSA) is 62.3 Å². The first-order chi connectivity index (χ1) is 10.3. The zero-order valence-corrected chi connectivity index (χ0v) is 11.8. The minimum atomic E-state index is 0.526. The summed E-state index contributed by atoms with van der Waals surface area (Å²) in [6.07, 6.45) is 1.80. The van der Waals surface area contributed by atoms with E-state index < -0.39 is 0 Å². The number of fused-ring (bicyclic) bond motifs is 1. The molecule has 2 N–H and O–H groups in total. The second-order valence-corrected chi connectivity index (χ2v) is 4.70. The van der Waals surface area contributed by atoms with Gasteiger partial charge in [0.05, 0.1) is 17.6 Å². The molecule has 5 nitrogen and oxygen atoms in total. The average Bonchev–Trinajstić information content (AvgIpc) is 2.92. The number of aromatic nitrogens is 2. The largest absolute Gasteiger partial charge is 0.491 e. The molecule has 0 aliphatic rings. The van der Waals surface area contributed by atoms with Crippen LogP contribution in [0.2, 0.25) is 0 Å². The maximum atomic E-state index is 5.73. The van der Waals surface area contributed by atoms with Crippen molar-refractivity contribution in [3.05, 3.63) is 48.8 Å². The van der Waals surface area contributed by atoms with Crippen molar-refractivity contribution < 1.29 is 9.47 Å². The molecule has 1 heterocycles. The Balaban J connectivity index is 1.95. The Morgan fingerprint density at radius 1 is 1.10 bits per heavy atom. The molecule has 0 spiro atoms. The Hall–Kier alpha value is -2.53. The van der Waals surface area contributed by atoms with Crippen LogP contribution in [-0.2, 0) is 4.74 Å². The number of nitrogens with zero attached hydrogens (tertiary/aromatic N) is 2. The Kier molecular flexibility index (Phi) is 3.75. The summed E-state index contributed by atoms with van der Waals surface area (Å²) in [4.78, 5) is 4.41. The van der Waals surface area contributed by atoms with Crippen molar-refractivity contribution in [2.75, 3.05) is 26.1 Å². The van der Waals surface area contributed by atoms with Crippen molar-refractivity contribution >= 4 is 16.7 Å². The van der Waals surface area contributed by atoms with Gasteiger partial charge < -0.3 is 15.2 Å². The highest BCUT2D eigenvalue weighted by molar-refractivity contribution is 5.79. The van der Waals surface area contributed by atoms with Gasteiger partial charge in [0.1, 0.15) is 18.7 Å². The number of ether oxygens (including phenoxy) is 2. The predicted molar refractivity (Wildman–Crippen MR) is 82.9 cm³/mol. The zero-order chi connectivity index (χ0) is 14.7. The van der Waals surface area contributed by atoms with Gasteiger partial charge in [0.25, 0.3) is 0 Å². The van der Waals surface area contributed by atoms with Gasteiger partial charge in [-0.05, 0) is 36.4 Å². The molecular weight excluding hydrogens is 266 g/mol. The summed E-state index contributed by atoms with van der Waals surface area (Å²) in [6, 6.07) is 13.5. The minimum absolute atomic E-state index is 0.526. The summed E-state index contributed by atoms with van der Waals surface area (Å²) in [6.45, 7) is 1.09. The van der Waals surface area contributed by atoms with Crippen LogP contribution in [0.25, 0.3) is 16.7 Å². The van der Waals surface area contributed by atoms with Crippen LogP contribution in [-0.4, -0.2) is 29.9 Å². The molecule has 3 rings (SSSR count). The lowest BCUT2D eigenvalue weighted by Crippen LogP contribution is -2.04. The van der Waals surface area contributed by atoms with Crippen LogP contribution in [0.1, 0.15) is 0 Å². The first-order valence-electron chi connectivity index (χ1n) is 6.73. The molecule has 3 aromatic rings. The van der Waals surface area contributed by atoms with Crippen LogP contribution in [0, 0.1) is 0 Å². The molecule has 0 amide bonds. The van der Waals surface area contributed by atoms with Crippen molar-refractivity contribution in [1.29, 1.82) is 0 Å². The number of methoxy groups -OCH3 is 1. The molecule has 5 heteroatoms. The highest BCUT2D eigenvalue weighted by Gasteiger charge is 2.06. The maximum Gasteiger partial charge on any atom is 0.121 e. The lowest BCUT2D eigenvalue weighted by atomic mass is 10.2. The summed E-state index contributed by atoms with van der Waals surface area (Å²) in [5, 5.41) is 0. The number of nitrogen functional groups attached to an aromatic ring is 1. The fraction of sp³-hybridized carbons (Fsp3) is 0.188. The smallest absolute Gasteiger partial charge is 0.121 e. The summed E-state index contributed by atoms with van der Waals surface area (Å²) < 4.78 is 12.6. The van der Waals surface area contributed by atoms with Gasteiger partial charge in [0, 0.05) is 24.6 Å². The van der Waals surface area contributed by atoms with E-state index in [4.69, 9.17) is 15.2 Å². The summed E-state index contributed by atoms with van der Waals surface area (Å²) in [7, 11) is 1.66. The van der Waals surface area contributed by atoms with Crippen molar-refractivity contribution in [2.45, 2.75) is 0 Å². The van der Waals surface area contributed by atoms with Gasteiger partial charge in [-0.3, -0.25) is 4.57 Å². The molecule has 0 saturated heterocycles. The van der Waals surface area contributed by atoms with E-state index in [2.05, 4.69) is 4.98 Å². The number of hydrogen-bond acceptors (Lipinski definition) is 4. The summed E-state index contributed by atoms with van der Waals surface area (Å²) in [5.41, 5.74) is 9.40. The third kappa shape index (κ3) is 2.83. The molecule has 0 atom stereocenters. The quantitative estimate of drug-likeness (QED) is 0.577. The molecule has 108 valence electrons. The van der Waals surface area contributed by atoms with Crippen molar-refractivity contribution in [1.82, 2.24) is 9.55 Å². The number of imidazole rings is 1. The van der Waals surface area contributed by atoms with Crippen LogP contribution >= 0.6 is 0 Å². The van der Waals surface area contributed by atoms with Crippen LogP contribution in [0.3, 0.4) is 0 Å². The van der Waals surface area contributed by atoms with E-state index in [9.17, 15) is 0 Å². The Labute approximate surface area is 122 Å². The molecule has 0 aliphatic carbocycles. The van der Waals surface area contributed by atoms with Crippen molar-refractivity contribution in [3.8, 4) is 11.4 Å².